The van der Waals surface area contributed by atoms with Crippen LogP contribution in [0.1, 0.15) is 105 Å². The van der Waals surface area contributed by atoms with Gasteiger partial charge in [-0.25, -0.2) is 0 Å². The summed E-state index contributed by atoms with van der Waals surface area (Å²) in [5.74, 6) is -1.21. The van der Waals surface area contributed by atoms with Crippen molar-refractivity contribution in [2.45, 2.75) is 105 Å². The molecule has 26 heavy (non-hydrogen) atoms. The molecule has 0 aromatic carbocycles. The number of carbonyl (C=O) groups is 3. The Morgan fingerprint density at radius 1 is 0.654 bits per heavy atom. The molecule has 0 saturated carbocycles. The van der Waals surface area contributed by atoms with Gasteiger partial charge in [0.05, 0.1) is 5.41 Å². The Bertz CT molecular complexity index is 451. The number of hydrogen-bond donors (Lipinski definition) is 2. The zero-order valence-electron chi connectivity index (χ0n) is 17.1. The third-order valence-corrected chi connectivity index (χ3v) is 5.16. The Morgan fingerprint density at radius 2 is 1.15 bits per heavy atom. The van der Waals surface area contributed by atoms with E-state index in [1.165, 1.54) is 0 Å². The number of carbonyl (C=O) groups excluding carboxylic acids is 1. The largest absolute Gasteiger partial charge is 0.481 e. The molecule has 0 aliphatic heterocycles. The van der Waals surface area contributed by atoms with Crippen LogP contribution in [0.4, 0.5) is 0 Å². The first-order chi connectivity index (χ1) is 12.0. The van der Waals surface area contributed by atoms with E-state index < -0.39 is 17.4 Å². The number of Topliss-reactive ketones (excluding diaryl/α,β-unsaturated/α-hetero) is 1. The summed E-state index contributed by atoms with van der Waals surface area (Å²) in [5.41, 5.74) is -0.631. The minimum Gasteiger partial charge on any atom is -0.481 e. The van der Waals surface area contributed by atoms with Gasteiger partial charge in [0.15, 0.2) is 0 Å². The van der Waals surface area contributed by atoms with Crippen LogP contribution in [0, 0.1) is 10.8 Å². The van der Waals surface area contributed by atoms with E-state index in [-0.39, 0.29) is 11.8 Å². The highest BCUT2D eigenvalue weighted by Crippen LogP contribution is 2.29. The van der Waals surface area contributed by atoms with Gasteiger partial charge in [-0.05, 0) is 51.4 Å². The van der Waals surface area contributed by atoms with Crippen LogP contribution in [0.3, 0.4) is 0 Å². The van der Waals surface area contributed by atoms with Crippen LogP contribution in [0.2, 0.25) is 0 Å². The molecule has 0 heterocycles. The minimum absolute atomic E-state index is 0.0477. The molecule has 0 unspecified atom stereocenters. The first kappa shape index (κ1) is 24.6. The van der Waals surface area contributed by atoms with Crippen molar-refractivity contribution in [1.29, 1.82) is 0 Å². The molecule has 0 aromatic rings. The molecule has 0 fully saturated rings. The van der Waals surface area contributed by atoms with Gasteiger partial charge in [0, 0.05) is 19.3 Å². The summed E-state index contributed by atoms with van der Waals surface area (Å²) in [4.78, 5) is 33.5. The number of unbranched alkanes of at least 4 members (excludes halogenated alkanes) is 4. The molecule has 152 valence electrons. The van der Waals surface area contributed by atoms with Crippen molar-refractivity contribution in [2.75, 3.05) is 0 Å². The molecule has 0 atom stereocenters. The molecule has 0 spiro atoms. The summed E-state index contributed by atoms with van der Waals surface area (Å²) in [6, 6.07) is 0. The lowest BCUT2D eigenvalue weighted by Crippen LogP contribution is -2.23. The van der Waals surface area contributed by atoms with Gasteiger partial charge >= 0.3 is 11.9 Å². The highest BCUT2D eigenvalue weighted by molar-refractivity contribution is 5.78. The number of ketones is 1. The Balaban J connectivity index is 3.66. The van der Waals surface area contributed by atoms with Gasteiger partial charge in [0.2, 0.25) is 0 Å². The van der Waals surface area contributed by atoms with Crippen LogP contribution in [0.25, 0.3) is 0 Å². The molecule has 0 bridgehead atoms. The molecular weight excluding hydrogens is 332 g/mol. The molecule has 0 aliphatic carbocycles. The van der Waals surface area contributed by atoms with Gasteiger partial charge in [0.1, 0.15) is 5.78 Å². The van der Waals surface area contributed by atoms with E-state index in [0.29, 0.717) is 31.5 Å². The summed E-state index contributed by atoms with van der Waals surface area (Å²) < 4.78 is 0. The van der Waals surface area contributed by atoms with Crippen LogP contribution < -0.4 is 0 Å². The minimum atomic E-state index is -0.764. The third kappa shape index (κ3) is 12.9. The zero-order valence-corrected chi connectivity index (χ0v) is 17.1. The molecule has 0 radical (unpaired) electrons. The first-order valence-electron chi connectivity index (χ1n) is 9.93. The average molecular weight is 371 g/mol. The standard InChI is InChI=1S/C21H38O5/c1-20(2,16-13-18(23)24)14-9-5-7-11-17(22)12-8-6-10-15-21(3,4)19(25)26/h5-16H2,1-4H3,(H,23,24)(H,25,26). The second-order valence-electron chi connectivity index (χ2n) is 8.91. The van der Waals surface area contributed by atoms with Gasteiger partial charge < -0.3 is 10.2 Å². The monoisotopic (exact) mass is 370 g/mol. The van der Waals surface area contributed by atoms with Crippen molar-refractivity contribution in [3.63, 3.8) is 0 Å². The zero-order chi connectivity index (χ0) is 20.2. The van der Waals surface area contributed by atoms with E-state index in [9.17, 15) is 14.4 Å². The predicted octanol–water partition coefficient (Wildman–Crippen LogP) is 5.46. The van der Waals surface area contributed by atoms with Crippen molar-refractivity contribution in [3.05, 3.63) is 0 Å². The summed E-state index contributed by atoms with van der Waals surface area (Å²) in [5, 5.41) is 17.8. The maximum atomic E-state index is 11.9. The van der Waals surface area contributed by atoms with Crippen molar-refractivity contribution in [3.8, 4) is 0 Å². The molecule has 0 amide bonds. The molecule has 5 nitrogen and oxygen atoms in total. The fourth-order valence-electron chi connectivity index (χ4n) is 2.97. The molecule has 5 heteroatoms. The van der Waals surface area contributed by atoms with Crippen molar-refractivity contribution in [2.24, 2.45) is 10.8 Å². The van der Waals surface area contributed by atoms with E-state index in [1.54, 1.807) is 13.8 Å². The smallest absolute Gasteiger partial charge is 0.309 e. The Hall–Kier alpha value is -1.39. The quantitative estimate of drug-likeness (QED) is 0.352. The lowest BCUT2D eigenvalue weighted by atomic mass is 9.82. The fourth-order valence-corrected chi connectivity index (χ4v) is 2.97. The van der Waals surface area contributed by atoms with Gasteiger partial charge in [-0.2, -0.15) is 0 Å². The van der Waals surface area contributed by atoms with E-state index in [1.807, 2.05) is 0 Å². The SMILES string of the molecule is CC(C)(CCCCCC(=O)CCCCCC(C)(C)C(=O)O)CCC(=O)O. The Morgan fingerprint density at radius 3 is 1.62 bits per heavy atom. The van der Waals surface area contributed by atoms with Crippen LogP contribution in [-0.2, 0) is 14.4 Å². The second-order valence-corrected chi connectivity index (χ2v) is 8.91. The second kappa shape index (κ2) is 12.1. The number of hydrogen-bond acceptors (Lipinski definition) is 3. The number of carboxylic acids is 2. The predicted molar refractivity (Wildman–Crippen MR) is 103 cm³/mol. The van der Waals surface area contributed by atoms with E-state index in [4.69, 9.17) is 10.2 Å². The lowest BCUT2D eigenvalue weighted by Gasteiger charge is -2.23. The average Bonchev–Trinajstić information content (AvgIpc) is 2.52. The topological polar surface area (TPSA) is 91.7 Å². The van der Waals surface area contributed by atoms with E-state index in [0.717, 1.165) is 44.9 Å². The summed E-state index contributed by atoms with van der Waals surface area (Å²) in [6.07, 6.45) is 9.30. The third-order valence-electron chi connectivity index (χ3n) is 5.16. The summed E-state index contributed by atoms with van der Waals surface area (Å²) in [7, 11) is 0. The molecule has 0 aliphatic rings. The number of rotatable bonds is 16. The van der Waals surface area contributed by atoms with Gasteiger partial charge in [-0.1, -0.05) is 39.5 Å². The highest BCUT2D eigenvalue weighted by atomic mass is 16.4. The van der Waals surface area contributed by atoms with Crippen LogP contribution >= 0.6 is 0 Å². The Kier molecular flexibility index (Phi) is 11.4. The maximum Gasteiger partial charge on any atom is 0.309 e. The van der Waals surface area contributed by atoms with Crippen LogP contribution in [0.5, 0.6) is 0 Å². The van der Waals surface area contributed by atoms with Gasteiger partial charge in [-0.3, -0.25) is 14.4 Å². The summed E-state index contributed by atoms with van der Waals surface area (Å²) in [6.45, 7) is 7.69. The van der Waals surface area contributed by atoms with Crippen LogP contribution in [0.15, 0.2) is 0 Å². The molecule has 0 saturated heterocycles. The van der Waals surface area contributed by atoms with E-state index >= 15 is 0 Å². The van der Waals surface area contributed by atoms with Crippen molar-refractivity contribution in [1.82, 2.24) is 0 Å². The first-order valence-corrected chi connectivity index (χ1v) is 9.93. The molecular formula is C21H38O5. The Labute approximate surface area is 158 Å². The highest BCUT2D eigenvalue weighted by Gasteiger charge is 2.26. The number of aliphatic carboxylic acids is 2. The van der Waals surface area contributed by atoms with Gasteiger partial charge in [0.25, 0.3) is 0 Å². The fraction of sp³-hybridized carbons (Fsp3) is 0.857. The van der Waals surface area contributed by atoms with Crippen LogP contribution in [-0.4, -0.2) is 27.9 Å². The molecule has 2 N–H and O–H groups in total. The normalized spacial score (nSPS) is 12.2. The lowest BCUT2D eigenvalue weighted by molar-refractivity contribution is -0.147. The van der Waals surface area contributed by atoms with E-state index in [2.05, 4.69) is 13.8 Å². The van der Waals surface area contributed by atoms with Crippen molar-refractivity contribution >= 4 is 17.7 Å². The summed E-state index contributed by atoms with van der Waals surface area (Å²) >= 11 is 0. The van der Waals surface area contributed by atoms with Crippen molar-refractivity contribution < 1.29 is 24.6 Å². The molecule has 0 aromatic heterocycles. The molecule has 0 rings (SSSR count). The maximum absolute atomic E-state index is 11.9. The number of carboxylic acid groups (broad SMARTS) is 2. The van der Waals surface area contributed by atoms with Gasteiger partial charge in [-0.15, -0.1) is 0 Å².